The Hall–Kier alpha value is -3.60. The van der Waals surface area contributed by atoms with E-state index in [2.05, 4.69) is 4.98 Å². The molecule has 3 aromatic carbocycles. The molecule has 5 heteroatoms. The highest BCUT2D eigenvalue weighted by Crippen LogP contribution is 2.34. The molecule has 4 rings (SSSR count). The predicted octanol–water partition coefficient (Wildman–Crippen LogP) is 5.57. The summed E-state index contributed by atoms with van der Waals surface area (Å²) < 4.78 is 23.9. The van der Waals surface area contributed by atoms with Gasteiger partial charge in [-0.05, 0) is 72.8 Å². The monoisotopic (exact) mass is 374 g/mol. The number of ether oxygens (including phenoxy) is 2. The van der Waals surface area contributed by atoms with Crippen LogP contribution in [-0.4, -0.2) is 24.2 Å². The molecule has 0 atom stereocenters. The molecule has 0 bridgehead atoms. The number of nitrogens with zero attached hydrogens (tertiary/aromatic N) is 1. The van der Waals surface area contributed by atoms with Crippen LogP contribution in [0.3, 0.4) is 0 Å². The first-order valence-electron chi connectivity index (χ1n) is 8.83. The Labute approximate surface area is 162 Å². The number of aromatic amines is 1. The van der Waals surface area contributed by atoms with Gasteiger partial charge in [0, 0.05) is 16.7 Å². The molecule has 0 spiro atoms. The van der Waals surface area contributed by atoms with Crippen LogP contribution in [-0.2, 0) is 0 Å². The van der Waals surface area contributed by atoms with Crippen LogP contribution < -0.4 is 9.47 Å². The summed E-state index contributed by atoms with van der Waals surface area (Å²) in [5, 5.41) is 0. The van der Waals surface area contributed by atoms with E-state index in [1.807, 2.05) is 48.5 Å². The molecule has 140 valence electrons. The van der Waals surface area contributed by atoms with Gasteiger partial charge in [0.25, 0.3) is 0 Å². The van der Waals surface area contributed by atoms with Gasteiger partial charge in [-0.2, -0.15) is 0 Å². The molecule has 0 amide bonds. The summed E-state index contributed by atoms with van der Waals surface area (Å²) in [6.07, 6.45) is 0. The maximum absolute atomic E-state index is 13.4. The summed E-state index contributed by atoms with van der Waals surface area (Å²) in [4.78, 5) is 8.22. The van der Waals surface area contributed by atoms with Gasteiger partial charge >= 0.3 is 0 Å². The van der Waals surface area contributed by atoms with E-state index < -0.39 is 0 Å². The van der Waals surface area contributed by atoms with Crippen LogP contribution in [0.25, 0.3) is 33.9 Å². The van der Waals surface area contributed by atoms with Gasteiger partial charge in [-0.15, -0.1) is 0 Å². The Bertz CT molecular complexity index is 1070. The number of aromatic nitrogens is 2. The number of hydrogen-bond donors (Lipinski definition) is 1. The second-order valence-electron chi connectivity index (χ2n) is 6.27. The summed E-state index contributed by atoms with van der Waals surface area (Å²) in [5.41, 5.74) is 4.36. The minimum atomic E-state index is -0.273. The molecule has 0 saturated heterocycles. The lowest BCUT2D eigenvalue weighted by atomic mass is 10.0. The van der Waals surface area contributed by atoms with Gasteiger partial charge in [0.05, 0.1) is 25.6 Å². The molecule has 0 aliphatic carbocycles. The van der Waals surface area contributed by atoms with Crippen molar-refractivity contribution in [3.05, 3.63) is 78.6 Å². The first-order valence-corrected chi connectivity index (χ1v) is 8.83. The molecule has 1 heterocycles. The maximum atomic E-state index is 13.4. The number of methoxy groups -OCH3 is 2. The topological polar surface area (TPSA) is 47.1 Å². The Kier molecular flexibility index (Phi) is 4.81. The van der Waals surface area contributed by atoms with E-state index >= 15 is 0 Å². The summed E-state index contributed by atoms with van der Waals surface area (Å²) >= 11 is 0. The van der Waals surface area contributed by atoms with E-state index in [0.29, 0.717) is 0 Å². The van der Waals surface area contributed by atoms with Crippen molar-refractivity contribution in [1.29, 1.82) is 0 Å². The fraction of sp³-hybridized carbons (Fsp3) is 0.0870. The van der Waals surface area contributed by atoms with Gasteiger partial charge in [-0.3, -0.25) is 0 Å². The highest BCUT2D eigenvalue weighted by Gasteiger charge is 2.15. The molecular formula is C23H19FN2O2. The molecule has 0 aliphatic heterocycles. The average molecular weight is 374 g/mol. The lowest BCUT2D eigenvalue weighted by Gasteiger charge is -2.05. The van der Waals surface area contributed by atoms with Crippen molar-refractivity contribution in [2.24, 2.45) is 0 Å². The Morgan fingerprint density at radius 2 is 1.18 bits per heavy atom. The largest absolute Gasteiger partial charge is 0.497 e. The number of benzene rings is 3. The van der Waals surface area contributed by atoms with Gasteiger partial charge in [0.1, 0.15) is 23.1 Å². The molecule has 1 N–H and O–H groups in total. The minimum absolute atomic E-state index is 0.273. The zero-order valence-corrected chi connectivity index (χ0v) is 15.6. The first kappa shape index (κ1) is 17.8. The SMILES string of the molecule is COc1ccc(-c2nc(-c3ccc(OC)cc3)c(-c3ccc(F)cc3)[nH]2)cc1. The van der Waals surface area contributed by atoms with Gasteiger partial charge < -0.3 is 14.5 Å². The first-order chi connectivity index (χ1) is 13.7. The Morgan fingerprint density at radius 3 is 1.71 bits per heavy atom. The number of rotatable bonds is 5. The molecular weight excluding hydrogens is 355 g/mol. The fourth-order valence-electron chi connectivity index (χ4n) is 3.04. The molecule has 4 nitrogen and oxygen atoms in total. The number of halogens is 1. The lowest BCUT2D eigenvalue weighted by Crippen LogP contribution is -1.86. The predicted molar refractivity (Wildman–Crippen MR) is 108 cm³/mol. The minimum Gasteiger partial charge on any atom is -0.497 e. The van der Waals surface area contributed by atoms with Gasteiger partial charge in [-0.25, -0.2) is 9.37 Å². The molecule has 0 saturated carbocycles. The normalized spacial score (nSPS) is 10.7. The number of imidazole rings is 1. The van der Waals surface area contributed by atoms with E-state index in [-0.39, 0.29) is 5.82 Å². The highest BCUT2D eigenvalue weighted by atomic mass is 19.1. The molecule has 28 heavy (non-hydrogen) atoms. The quantitative estimate of drug-likeness (QED) is 0.497. The van der Waals surface area contributed by atoms with Crippen molar-refractivity contribution in [1.82, 2.24) is 9.97 Å². The fourth-order valence-corrected chi connectivity index (χ4v) is 3.04. The molecule has 0 unspecified atom stereocenters. The molecule has 0 aliphatic rings. The van der Waals surface area contributed by atoms with Gasteiger partial charge in [0.2, 0.25) is 0 Å². The van der Waals surface area contributed by atoms with Crippen molar-refractivity contribution >= 4 is 0 Å². The number of H-pyrrole nitrogens is 1. The van der Waals surface area contributed by atoms with Gasteiger partial charge in [-0.1, -0.05) is 0 Å². The Balaban J connectivity index is 1.83. The van der Waals surface area contributed by atoms with Gasteiger partial charge in [0.15, 0.2) is 0 Å². The van der Waals surface area contributed by atoms with Crippen LogP contribution in [0.4, 0.5) is 4.39 Å². The summed E-state index contributed by atoms with van der Waals surface area (Å²) in [6, 6.07) is 21.8. The van der Waals surface area contributed by atoms with Crippen molar-refractivity contribution in [3.63, 3.8) is 0 Å². The number of hydrogen-bond acceptors (Lipinski definition) is 3. The zero-order valence-electron chi connectivity index (χ0n) is 15.6. The third-order valence-electron chi connectivity index (χ3n) is 4.56. The molecule has 0 radical (unpaired) electrons. The average Bonchev–Trinajstić information content (AvgIpc) is 3.20. The summed E-state index contributed by atoms with van der Waals surface area (Å²) in [7, 11) is 3.27. The standard InChI is InChI=1S/C23H19FN2O2/c1-27-19-11-5-16(6-12-19)22-21(15-3-9-18(24)10-4-15)25-23(26-22)17-7-13-20(28-2)14-8-17/h3-14H,1-2H3,(H,25,26). The van der Waals surface area contributed by atoms with E-state index in [1.54, 1.807) is 26.4 Å². The second kappa shape index (κ2) is 7.56. The number of nitrogens with one attached hydrogen (secondary N) is 1. The van der Waals surface area contributed by atoms with E-state index in [0.717, 1.165) is 45.4 Å². The third kappa shape index (κ3) is 3.47. The lowest BCUT2D eigenvalue weighted by molar-refractivity contribution is 0.415. The van der Waals surface area contributed by atoms with Crippen LogP contribution in [0.2, 0.25) is 0 Å². The molecule has 1 aromatic heterocycles. The zero-order chi connectivity index (χ0) is 19.5. The smallest absolute Gasteiger partial charge is 0.138 e. The highest BCUT2D eigenvalue weighted by molar-refractivity contribution is 5.81. The summed E-state index contributed by atoms with van der Waals surface area (Å²) in [5.74, 6) is 2.01. The third-order valence-corrected chi connectivity index (χ3v) is 4.56. The van der Waals surface area contributed by atoms with Crippen LogP contribution in [0.15, 0.2) is 72.8 Å². The van der Waals surface area contributed by atoms with Crippen LogP contribution in [0.1, 0.15) is 0 Å². The van der Waals surface area contributed by atoms with E-state index in [4.69, 9.17) is 14.5 Å². The van der Waals surface area contributed by atoms with Crippen LogP contribution in [0.5, 0.6) is 11.5 Å². The summed E-state index contributed by atoms with van der Waals surface area (Å²) in [6.45, 7) is 0. The van der Waals surface area contributed by atoms with E-state index in [9.17, 15) is 4.39 Å². The molecule has 0 fully saturated rings. The molecule has 4 aromatic rings. The second-order valence-corrected chi connectivity index (χ2v) is 6.27. The van der Waals surface area contributed by atoms with E-state index in [1.165, 1.54) is 12.1 Å². The van der Waals surface area contributed by atoms with Crippen LogP contribution >= 0.6 is 0 Å². The Morgan fingerprint density at radius 1 is 0.679 bits per heavy atom. The van der Waals surface area contributed by atoms with Crippen molar-refractivity contribution in [2.75, 3.05) is 14.2 Å². The van der Waals surface area contributed by atoms with Crippen molar-refractivity contribution < 1.29 is 13.9 Å². The van der Waals surface area contributed by atoms with Crippen LogP contribution in [0, 0.1) is 5.82 Å². The van der Waals surface area contributed by atoms with Crippen molar-refractivity contribution in [2.45, 2.75) is 0 Å². The van der Waals surface area contributed by atoms with Crippen molar-refractivity contribution in [3.8, 4) is 45.4 Å². The maximum Gasteiger partial charge on any atom is 0.138 e.